The Morgan fingerprint density at radius 1 is 0.404 bits per heavy atom. The lowest BCUT2D eigenvalue weighted by Crippen LogP contribution is -2.00. The minimum Gasteiger partial charge on any atom is -0.454 e. The summed E-state index contributed by atoms with van der Waals surface area (Å²) in [7, 11) is 0. The zero-order valence-corrected chi connectivity index (χ0v) is 31.2. The summed E-state index contributed by atoms with van der Waals surface area (Å²) in [5, 5.41) is 7.00. The van der Waals surface area contributed by atoms with Crippen LogP contribution in [0.15, 0.2) is 186 Å². The van der Waals surface area contributed by atoms with Gasteiger partial charge >= 0.3 is 0 Å². The first-order valence-corrected chi connectivity index (χ1v) is 19.8. The molecule has 4 heterocycles. The molecular formula is C51H30N4OS. The monoisotopic (exact) mass is 746 g/mol. The molecule has 0 N–H and O–H groups in total. The van der Waals surface area contributed by atoms with Crippen LogP contribution in [-0.2, 0) is 0 Å². The number of fused-ring (bicyclic) bond motifs is 9. The van der Waals surface area contributed by atoms with Gasteiger partial charge in [-0.2, -0.15) is 0 Å². The van der Waals surface area contributed by atoms with Gasteiger partial charge in [-0.1, -0.05) is 140 Å². The van der Waals surface area contributed by atoms with Crippen LogP contribution in [0.5, 0.6) is 0 Å². The van der Waals surface area contributed by atoms with Crippen LogP contribution in [0.25, 0.3) is 115 Å². The SMILES string of the molecule is c1ccc(-c2nc(-c3ccccc3)nc(-c3cccc4sc5cc(-c6ccc7c(c6)oc6c(-n8c9ccccc9c9ccccc98)cccc67)ccc5c34)n2)cc1. The number of para-hydroxylation sites is 3. The molecule has 8 aromatic carbocycles. The van der Waals surface area contributed by atoms with Crippen LogP contribution in [-0.4, -0.2) is 19.5 Å². The van der Waals surface area contributed by atoms with Crippen LogP contribution >= 0.6 is 11.3 Å². The summed E-state index contributed by atoms with van der Waals surface area (Å²) in [4.78, 5) is 15.1. The molecule has 57 heavy (non-hydrogen) atoms. The molecule has 0 saturated heterocycles. The average Bonchev–Trinajstić information content (AvgIpc) is 3.96. The van der Waals surface area contributed by atoms with Crippen molar-refractivity contribution < 1.29 is 4.42 Å². The highest BCUT2D eigenvalue weighted by atomic mass is 32.1. The number of hydrogen-bond acceptors (Lipinski definition) is 5. The van der Waals surface area contributed by atoms with Crippen molar-refractivity contribution in [3.05, 3.63) is 182 Å². The molecule has 0 amide bonds. The standard InChI is InChI=1S/C51H30N4OS/c1-3-13-31(14-4-1)49-52-50(32-15-5-2-6-16-32)54-51(53-49)40-20-12-24-45-47(40)39-28-26-34(30-46(39)57-45)33-25-27-37-38-19-11-23-43(48(38)56-44(37)29-33)55-41-21-9-7-17-35(41)36-18-8-10-22-42(36)55/h1-30H. The number of nitrogens with zero attached hydrogens (tertiary/aromatic N) is 4. The first-order chi connectivity index (χ1) is 28.2. The van der Waals surface area contributed by atoms with Gasteiger partial charge in [0.05, 0.1) is 16.7 Å². The Hall–Kier alpha value is -7.41. The van der Waals surface area contributed by atoms with Gasteiger partial charge in [0.25, 0.3) is 0 Å². The van der Waals surface area contributed by atoms with E-state index < -0.39 is 0 Å². The quantitative estimate of drug-likeness (QED) is 0.176. The summed E-state index contributed by atoms with van der Waals surface area (Å²) in [6.45, 7) is 0. The molecule has 6 heteroatoms. The fourth-order valence-electron chi connectivity index (χ4n) is 8.44. The summed E-state index contributed by atoms with van der Waals surface area (Å²) in [6.07, 6.45) is 0. The van der Waals surface area contributed by atoms with Crippen molar-refractivity contribution in [3.63, 3.8) is 0 Å². The molecule has 266 valence electrons. The number of furan rings is 1. The second-order valence-electron chi connectivity index (χ2n) is 14.4. The van der Waals surface area contributed by atoms with Crippen molar-refractivity contribution in [1.29, 1.82) is 0 Å². The summed E-state index contributed by atoms with van der Waals surface area (Å²) < 4.78 is 11.5. The lowest BCUT2D eigenvalue weighted by atomic mass is 10.0. The summed E-state index contributed by atoms with van der Waals surface area (Å²) in [5.74, 6) is 1.97. The van der Waals surface area contributed by atoms with Crippen LogP contribution in [0.2, 0.25) is 0 Å². The van der Waals surface area contributed by atoms with Crippen LogP contribution in [0.1, 0.15) is 0 Å². The minimum atomic E-state index is 0.654. The predicted molar refractivity (Wildman–Crippen MR) is 236 cm³/mol. The Morgan fingerprint density at radius 3 is 1.68 bits per heavy atom. The third-order valence-electron chi connectivity index (χ3n) is 11.1. The number of thiophene rings is 1. The van der Waals surface area contributed by atoms with Crippen molar-refractivity contribution >= 4 is 75.3 Å². The normalized spacial score (nSPS) is 11.9. The Bertz CT molecular complexity index is 3420. The van der Waals surface area contributed by atoms with Crippen molar-refractivity contribution in [3.8, 4) is 51.0 Å². The van der Waals surface area contributed by atoms with E-state index in [0.29, 0.717) is 17.5 Å². The van der Waals surface area contributed by atoms with Crippen LogP contribution in [0, 0.1) is 0 Å². The van der Waals surface area contributed by atoms with Gasteiger partial charge in [-0.15, -0.1) is 11.3 Å². The number of aromatic nitrogens is 4. The first-order valence-electron chi connectivity index (χ1n) is 19.0. The second-order valence-corrected chi connectivity index (χ2v) is 15.5. The van der Waals surface area contributed by atoms with E-state index in [9.17, 15) is 0 Å². The zero-order valence-electron chi connectivity index (χ0n) is 30.4. The summed E-state index contributed by atoms with van der Waals surface area (Å²) in [5.41, 5.74) is 10.3. The van der Waals surface area contributed by atoms with Crippen molar-refractivity contribution in [2.45, 2.75) is 0 Å². The Morgan fingerprint density at radius 2 is 0.982 bits per heavy atom. The van der Waals surface area contributed by atoms with Gasteiger partial charge in [0.1, 0.15) is 5.58 Å². The van der Waals surface area contributed by atoms with Crippen molar-refractivity contribution in [1.82, 2.24) is 19.5 Å². The molecule has 12 rings (SSSR count). The van der Waals surface area contributed by atoms with Gasteiger partial charge in [-0.3, -0.25) is 0 Å². The zero-order chi connectivity index (χ0) is 37.5. The highest BCUT2D eigenvalue weighted by Gasteiger charge is 2.20. The van der Waals surface area contributed by atoms with Crippen molar-refractivity contribution in [2.24, 2.45) is 0 Å². The Kier molecular flexibility index (Phi) is 7.03. The van der Waals surface area contributed by atoms with E-state index in [1.165, 1.54) is 25.6 Å². The van der Waals surface area contributed by atoms with Crippen LogP contribution < -0.4 is 0 Å². The highest BCUT2D eigenvalue weighted by Crippen LogP contribution is 2.43. The van der Waals surface area contributed by atoms with Crippen LogP contribution in [0.3, 0.4) is 0 Å². The molecule has 0 unspecified atom stereocenters. The summed E-state index contributed by atoms with van der Waals surface area (Å²) in [6, 6.07) is 63.7. The maximum Gasteiger partial charge on any atom is 0.164 e. The van der Waals surface area contributed by atoms with E-state index in [2.05, 4.69) is 126 Å². The Balaban J connectivity index is 0.982. The maximum absolute atomic E-state index is 6.81. The molecule has 0 radical (unpaired) electrons. The highest BCUT2D eigenvalue weighted by molar-refractivity contribution is 7.26. The molecule has 0 fully saturated rings. The smallest absolute Gasteiger partial charge is 0.164 e. The predicted octanol–water partition coefficient (Wildman–Crippen LogP) is 13.9. The molecule has 4 aromatic heterocycles. The molecule has 0 saturated carbocycles. The van der Waals surface area contributed by atoms with Gasteiger partial charge in [0, 0.05) is 58.4 Å². The molecule has 0 aliphatic heterocycles. The van der Waals surface area contributed by atoms with Gasteiger partial charge in [-0.05, 0) is 53.6 Å². The first kappa shape index (κ1) is 31.9. The third-order valence-corrected chi connectivity index (χ3v) is 12.2. The molecular weight excluding hydrogens is 717 g/mol. The van der Waals surface area contributed by atoms with E-state index in [-0.39, 0.29) is 0 Å². The number of hydrogen-bond donors (Lipinski definition) is 0. The third kappa shape index (κ3) is 5.04. The lowest BCUT2D eigenvalue weighted by molar-refractivity contribution is 0.666. The van der Waals surface area contributed by atoms with Gasteiger partial charge in [0.2, 0.25) is 0 Å². The van der Waals surface area contributed by atoms with Gasteiger partial charge in [-0.25, -0.2) is 15.0 Å². The van der Waals surface area contributed by atoms with Gasteiger partial charge in [0.15, 0.2) is 23.1 Å². The molecule has 12 aromatic rings. The van der Waals surface area contributed by atoms with E-state index >= 15 is 0 Å². The van der Waals surface area contributed by atoms with E-state index in [1.807, 2.05) is 60.7 Å². The Labute approximate surface area is 330 Å². The fourth-order valence-corrected chi connectivity index (χ4v) is 9.61. The summed E-state index contributed by atoms with van der Waals surface area (Å²) >= 11 is 1.79. The molecule has 0 bridgehead atoms. The number of benzene rings is 8. The minimum absolute atomic E-state index is 0.654. The second kappa shape index (κ2) is 12.6. The van der Waals surface area contributed by atoms with E-state index in [4.69, 9.17) is 19.4 Å². The van der Waals surface area contributed by atoms with E-state index in [1.54, 1.807) is 11.3 Å². The fraction of sp³-hybridized carbons (Fsp3) is 0. The van der Waals surface area contributed by atoms with E-state index in [0.717, 1.165) is 71.9 Å². The van der Waals surface area contributed by atoms with Crippen molar-refractivity contribution in [2.75, 3.05) is 0 Å². The molecule has 0 atom stereocenters. The van der Waals surface area contributed by atoms with Crippen LogP contribution in [0.4, 0.5) is 0 Å². The average molecular weight is 747 g/mol. The maximum atomic E-state index is 6.81. The number of rotatable bonds is 5. The lowest BCUT2D eigenvalue weighted by Gasteiger charge is -2.09. The molecule has 5 nitrogen and oxygen atoms in total. The molecule has 0 spiro atoms. The molecule has 0 aliphatic carbocycles. The largest absolute Gasteiger partial charge is 0.454 e. The topological polar surface area (TPSA) is 56.7 Å². The van der Waals surface area contributed by atoms with Gasteiger partial charge < -0.3 is 8.98 Å². The molecule has 0 aliphatic rings.